The number of carbonyl (C=O) groups is 3. The molecule has 9 nitrogen and oxygen atoms in total. The Morgan fingerprint density at radius 3 is 1.35 bits per heavy atom. The van der Waals surface area contributed by atoms with Crippen LogP contribution in [0.25, 0.3) is 0 Å². The SMILES string of the molecule is CCC[CH2][Sn]([O]C(=O)C(C)O)([O]C(=O)C(C)O)[O]C(=O)C(C)O. The maximum absolute atomic E-state index is 11.7. The number of aliphatic hydroxyl groups is 3. The predicted octanol–water partition coefficient (Wildman–Crippen LogP) is -0.503. The fourth-order valence-corrected chi connectivity index (χ4v) is 8.89. The van der Waals surface area contributed by atoms with Gasteiger partial charge in [-0.25, -0.2) is 0 Å². The van der Waals surface area contributed by atoms with Crippen molar-refractivity contribution in [1.82, 2.24) is 0 Å². The molecule has 134 valence electrons. The second kappa shape index (κ2) is 10.1. The Morgan fingerprint density at radius 1 is 0.826 bits per heavy atom. The van der Waals surface area contributed by atoms with Crippen molar-refractivity contribution in [2.24, 2.45) is 0 Å². The molecule has 3 unspecified atom stereocenters. The van der Waals surface area contributed by atoms with Crippen LogP contribution in [0.5, 0.6) is 0 Å². The molecule has 0 aromatic rings. The first-order chi connectivity index (χ1) is 10.5. The first-order valence-corrected chi connectivity index (χ1v) is 12.8. The molecule has 0 saturated heterocycles. The van der Waals surface area contributed by atoms with Crippen LogP contribution in [-0.4, -0.2) is 71.2 Å². The normalized spacial score (nSPS) is 17.3. The number of hydrogen-bond acceptors (Lipinski definition) is 9. The van der Waals surface area contributed by atoms with Crippen LogP contribution in [0.15, 0.2) is 0 Å². The molecule has 0 rings (SSSR count). The van der Waals surface area contributed by atoms with Gasteiger partial charge in [0.25, 0.3) is 0 Å². The summed E-state index contributed by atoms with van der Waals surface area (Å²) in [6.45, 7) is 5.25. The van der Waals surface area contributed by atoms with E-state index in [2.05, 4.69) is 0 Å². The summed E-state index contributed by atoms with van der Waals surface area (Å²) in [7, 11) is 0. The summed E-state index contributed by atoms with van der Waals surface area (Å²) in [4.78, 5) is 35.1. The van der Waals surface area contributed by atoms with Crippen molar-refractivity contribution < 1.29 is 38.9 Å². The van der Waals surface area contributed by atoms with E-state index in [1.165, 1.54) is 0 Å². The van der Waals surface area contributed by atoms with Gasteiger partial charge in [-0.1, -0.05) is 0 Å². The fourth-order valence-electron chi connectivity index (χ4n) is 1.32. The molecular formula is C13H24O9Sn. The van der Waals surface area contributed by atoms with Crippen molar-refractivity contribution in [3.05, 3.63) is 0 Å². The Bertz CT molecular complexity index is 365. The van der Waals surface area contributed by atoms with Gasteiger partial charge in [0.1, 0.15) is 0 Å². The summed E-state index contributed by atoms with van der Waals surface area (Å²) >= 11 is -5.12. The summed E-state index contributed by atoms with van der Waals surface area (Å²) in [6, 6.07) is 0. The molecule has 0 aliphatic rings. The molecule has 0 aromatic heterocycles. The van der Waals surface area contributed by atoms with Crippen molar-refractivity contribution in [2.75, 3.05) is 0 Å². The molecule has 0 fully saturated rings. The maximum atomic E-state index is 11.7. The monoisotopic (exact) mass is 444 g/mol. The first kappa shape index (κ1) is 22.1. The Balaban J connectivity index is 5.54. The van der Waals surface area contributed by atoms with Crippen LogP contribution in [0.4, 0.5) is 0 Å². The van der Waals surface area contributed by atoms with Crippen molar-refractivity contribution >= 4 is 37.5 Å². The van der Waals surface area contributed by atoms with E-state index in [0.29, 0.717) is 12.8 Å². The van der Waals surface area contributed by atoms with Gasteiger partial charge in [-0.3, -0.25) is 0 Å². The van der Waals surface area contributed by atoms with E-state index in [9.17, 15) is 29.7 Å². The molecule has 3 atom stereocenters. The van der Waals surface area contributed by atoms with E-state index in [-0.39, 0.29) is 4.44 Å². The Kier molecular flexibility index (Phi) is 9.66. The zero-order valence-electron chi connectivity index (χ0n) is 13.6. The molecule has 0 saturated carbocycles. The third-order valence-electron chi connectivity index (χ3n) is 2.63. The van der Waals surface area contributed by atoms with Gasteiger partial charge in [-0.05, 0) is 0 Å². The summed E-state index contributed by atoms with van der Waals surface area (Å²) in [5.41, 5.74) is 0. The average Bonchev–Trinajstić information content (AvgIpc) is 2.44. The molecule has 0 spiro atoms. The van der Waals surface area contributed by atoms with Crippen molar-refractivity contribution in [1.29, 1.82) is 0 Å². The Hall–Kier alpha value is -0.911. The van der Waals surface area contributed by atoms with Gasteiger partial charge in [0.2, 0.25) is 0 Å². The summed E-state index contributed by atoms with van der Waals surface area (Å²) in [5.74, 6) is -3.31. The molecule has 23 heavy (non-hydrogen) atoms. The molecule has 0 heterocycles. The first-order valence-electron chi connectivity index (χ1n) is 7.27. The zero-order chi connectivity index (χ0) is 18.2. The van der Waals surface area contributed by atoms with E-state index in [4.69, 9.17) is 9.22 Å². The molecular weight excluding hydrogens is 419 g/mol. The third-order valence-corrected chi connectivity index (χ3v) is 9.77. The van der Waals surface area contributed by atoms with Crippen LogP contribution in [0.3, 0.4) is 0 Å². The Labute approximate surface area is 140 Å². The minimum atomic E-state index is -5.12. The van der Waals surface area contributed by atoms with Crippen LogP contribution in [0, 0.1) is 0 Å². The van der Waals surface area contributed by atoms with Crippen LogP contribution in [-0.2, 0) is 23.6 Å². The molecule has 0 aliphatic heterocycles. The summed E-state index contributed by atoms with van der Waals surface area (Å²) in [5, 5.41) is 27.8. The summed E-state index contributed by atoms with van der Waals surface area (Å²) in [6.07, 6.45) is -3.48. The topological polar surface area (TPSA) is 140 Å². The van der Waals surface area contributed by atoms with Crippen molar-refractivity contribution in [3.8, 4) is 0 Å². The van der Waals surface area contributed by atoms with E-state index in [1.807, 2.05) is 6.92 Å². The summed E-state index contributed by atoms with van der Waals surface area (Å²) < 4.78 is 15.2. The second-order valence-corrected chi connectivity index (χ2v) is 12.2. The number of aliphatic hydroxyl groups excluding tert-OH is 3. The molecule has 10 heteroatoms. The number of rotatable bonds is 9. The number of carbonyl (C=O) groups excluding carboxylic acids is 3. The van der Waals surface area contributed by atoms with Gasteiger partial charge in [-0.2, -0.15) is 0 Å². The molecule has 0 aliphatic carbocycles. The van der Waals surface area contributed by atoms with Gasteiger partial charge in [-0.15, -0.1) is 0 Å². The minimum absolute atomic E-state index is 0.0133. The van der Waals surface area contributed by atoms with E-state index < -0.39 is 55.8 Å². The van der Waals surface area contributed by atoms with Crippen molar-refractivity contribution in [3.63, 3.8) is 0 Å². The Morgan fingerprint density at radius 2 is 1.13 bits per heavy atom. The number of hydrogen-bond donors (Lipinski definition) is 3. The van der Waals surface area contributed by atoms with E-state index >= 15 is 0 Å². The average molecular weight is 443 g/mol. The fraction of sp³-hybridized carbons (Fsp3) is 0.769. The third kappa shape index (κ3) is 7.95. The van der Waals surface area contributed by atoms with Crippen LogP contribution < -0.4 is 0 Å². The standard InChI is InChI=1S/C4H9.3C3H6O3.Sn/c1-3-4-2;3*1-2(4)3(5)6;/h1,3-4H2,2H3;3*2,4H,1H3,(H,5,6);/q;;;;+3/p-3. The van der Waals surface area contributed by atoms with Gasteiger partial charge >= 0.3 is 140 Å². The molecule has 0 aromatic carbocycles. The molecule has 0 radical (unpaired) electrons. The van der Waals surface area contributed by atoms with E-state index in [0.717, 1.165) is 20.8 Å². The van der Waals surface area contributed by atoms with Crippen molar-refractivity contribution in [2.45, 2.75) is 63.3 Å². The zero-order valence-corrected chi connectivity index (χ0v) is 16.5. The van der Waals surface area contributed by atoms with Crippen LogP contribution in [0.2, 0.25) is 4.44 Å². The quantitative estimate of drug-likeness (QED) is 0.403. The van der Waals surface area contributed by atoms with Crippen LogP contribution >= 0.6 is 0 Å². The van der Waals surface area contributed by atoms with Gasteiger partial charge in [0.15, 0.2) is 0 Å². The van der Waals surface area contributed by atoms with Gasteiger partial charge < -0.3 is 0 Å². The van der Waals surface area contributed by atoms with Gasteiger partial charge in [0.05, 0.1) is 0 Å². The number of unbranched alkanes of at least 4 members (excludes halogenated alkanes) is 1. The van der Waals surface area contributed by atoms with Crippen LogP contribution in [0.1, 0.15) is 40.5 Å². The molecule has 0 bridgehead atoms. The second-order valence-electron chi connectivity index (χ2n) is 5.08. The van der Waals surface area contributed by atoms with E-state index in [1.54, 1.807) is 0 Å². The molecule has 3 N–H and O–H groups in total. The predicted molar refractivity (Wildman–Crippen MR) is 78.8 cm³/mol. The van der Waals surface area contributed by atoms with Gasteiger partial charge in [0, 0.05) is 0 Å². The molecule has 0 amide bonds.